The first-order valence-corrected chi connectivity index (χ1v) is 8.85. The van der Waals surface area contributed by atoms with E-state index >= 15 is 0 Å². The number of rotatable bonds is 7. The minimum atomic E-state index is -0.618. The van der Waals surface area contributed by atoms with E-state index in [2.05, 4.69) is 21.2 Å². The second-order valence-electron chi connectivity index (χ2n) is 5.56. The Morgan fingerprint density at radius 1 is 1.07 bits per heavy atom. The lowest BCUT2D eigenvalue weighted by atomic mass is 10.2. The van der Waals surface area contributed by atoms with E-state index in [1.807, 2.05) is 19.1 Å². The largest absolute Gasteiger partial charge is 0.493 e. The molecule has 0 unspecified atom stereocenters. The highest BCUT2D eigenvalue weighted by atomic mass is 79.9. The van der Waals surface area contributed by atoms with Gasteiger partial charge in [0, 0.05) is 16.2 Å². The molecule has 1 N–H and O–H groups in total. The summed E-state index contributed by atoms with van der Waals surface area (Å²) in [5.74, 6) is 0.121. The molecule has 142 valence electrons. The molecule has 2 rings (SSSR count). The first-order chi connectivity index (χ1) is 12.9. The highest BCUT2D eigenvalue weighted by Gasteiger charge is 2.08. The Kier molecular flexibility index (Phi) is 7.43. The smallest absolute Gasteiger partial charge is 0.331 e. The van der Waals surface area contributed by atoms with E-state index in [0.29, 0.717) is 17.2 Å². The van der Waals surface area contributed by atoms with Crippen LogP contribution in [0.4, 0.5) is 5.69 Å². The van der Waals surface area contributed by atoms with Crippen LogP contribution in [0, 0.1) is 6.92 Å². The highest BCUT2D eigenvalue weighted by molar-refractivity contribution is 9.10. The van der Waals surface area contributed by atoms with E-state index in [0.717, 1.165) is 15.6 Å². The predicted octanol–water partition coefficient (Wildman–Crippen LogP) is 3.97. The first kappa shape index (κ1) is 20.5. The Morgan fingerprint density at radius 2 is 1.81 bits per heavy atom. The number of nitrogens with one attached hydrogen (secondary N) is 1. The zero-order valence-corrected chi connectivity index (χ0v) is 16.8. The average molecular weight is 434 g/mol. The van der Waals surface area contributed by atoms with Gasteiger partial charge in [-0.25, -0.2) is 4.79 Å². The summed E-state index contributed by atoms with van der Waals surface area (Å²) in [5, 5.41) is 2.70. The number of anilines is 1. The third-order valence-corrected chi connectivity index (χ3v) is 4.12. The van der Waals surface area contributed by atoms with Gasteiger partial charge in [0.2, 0.25) is 0 Å². The fraction of sp³-hybridized carbons (Fsp3) is 0.200. The topological polar surface area (TPSA) is 73.9 Å². The van der Waals surface area contributed by atoms with Crippen molar-refractivity contribution in [3.63, 3.8) is 0 Å². The Balaban J connectivity index is 1.88. The number of hydrogen-bond acceptors (Lipinski definition) is 5. The van der Waals surface area contributed by atoms with Crippen molar-refractivity contribution in [3.05, 3.63) is 58.1 Å². The van der Waals surface area contributed by atoms with Crippen LogP contribution in [0.2, 0.25) is 0 Å². The molecule has 7 heteroatoms. The number of aryl methyl sites for hydroxylation is 1. The maximum Gasteiger partial charge on any atom is 0.331 e. The van der Waals surface area contributed by atoms with Crippen molar-refractivity contribution in [2.24, 2.45) is 0 Å². The highest BCUT2D eigenvalue weighted by Crippen LogP contribution is 2.28. The summed E-state index contributed by atoms with van der Waals surface area (Å²) < 4.78 is 16.2. The van der Waals surface area contributed by atoms with E-state index < -0.39 is 11.9 Å². The Hall–Kier alpha value is -2.80. The molecular weight excluding hydrogens is 414 g/mol. The molecule has 0 saturated carbocycles. The number of esters is 1. The van der Waals surface area contributed by atoms with Gasteiger partial charge in [0.05, 0.1) is 14.2 Å². The summed E-state index contributed by atoms with van der Waals surface area (Å²) in [6, 6.07) is 10.7. The van der Waals surface area contributed by atoms with Gasteiger partial charge >= 0.3 is 5.97 Å². The number of hydrogen-bond donors (Lipinski definition) is 1. The van der Waals surface area contributed by atoms with Gasteiger partial charge < -0.3 is 19.5 Å². The van der Waals surface area contributed by atoms with Gasteiger partial charge in [0.1, 0.15) is 0 Å². The van der Waals surface area contributed by atoms with Crippen LogP contribution in [-0.2, 0) is 14.3 Å². The van der Waals surface area contributed by atoms with E-state index in [1.54, 1.807) is 37.5 Å². The number of benzene rings is 2. The van der Waals surface area contributed by atoms with Crippen molar-refractivity contribution in [1.29, 1.82) is 0 Å². The van der Waals surface area contributed by atoms with Crippen molar-refractivity contribution in [1.82, 2.24) is 0 Å². The molecule has 0 aliphatic carbocycles. The van der Waals surface area contributed by atoms with Crippen LogP contribution < -0.4 is 14.8 Å². The molecule has 0 heterocycles. The van der Waals surface area contributed by atoms with E-state index in [1.165, 1.54) is 13.2 Å². The summed E-state index contributed by atoms with van der Waals surface area (Å²) in [6.07, 6.45) is 2.82. The molecule has 27 heavy (non-hydrogen) atoms. The lowest BCUT2D eigenvalue weighted by Gasteiger charge is -2.09. The maximum absolute atomic E-state index is 11.9. The van der Waals surface area contributed by atoms with Crippen molar-refractivity contribution in [2.75, 3.05) is 26.1 Å². The van der Waals surface area contributed by atoms with Crippen molar-refractivity contribution in [3.8, 4) is 11.5 Å². The molecule has 6 nitrogen and oxygen atoms in total. The molecular formula is C20H20BrNO5. The molecule has 0 aromatic heterocycles. The number of halogens is 1. The fourth-order valence-corrected chi connectivity index (χ4v) is 2.73. The monoisotopic (exact) mass is 433 g/mol. The summed E-state index contributed by atoms with van der Waals surface area (Å²) in [7, 11) is 3.08. The SMILES string of the molecule is COc1ccc(/C=C/C(=O)OCC(=O)Nc2ccc(Br)cc2C)cc1OC. The van der Waals surface area contributed by atoms with Crippen LogP contribution in [0.25, 0.3) is 6.08 Å². The lowest BCUT2D eigenvalue weighted by molar-refractivity contribution is -0.142. The molecule has 0 bridgehead atoms. The molecule has 0 aliphatic rings. The number of ether oxygens (including phenoxy) is 3. The van der Waals surface area contributed by atoms with Crippen LogP contribution in [0.1, 0.15) is 11.1 Å². The lowest BCUT2D eigenvalue weighted by Crippen LogP contribution is -2.20. The molecule has 0 atom stereocenters. The van der Waals surface area contributed by atoms with Crippen molar-refractivity contribution < 1.29 is 23.8 Å². The minimum Gasteiger partial charge on any atom is -0.493 e. The maximum atomic E-state index is 11.9. The Labute approximate surface area is 166 Å². The van der Waals surface area contributed by atoms with Gasteiger partial charge in [-0.15, -0.1) is 0 Å². The standard InChI is InChI=1S/C20H20BrNO5/c1-13-10-15(21)6-7-16(13)22-19(23)12-27-20(24)9-5-14-4-8-17(25-2)18(11-14)26-3/h4-11H,12H2,1-3H3,(H,22,23)/b9-5+. The molecule has 2 aromatic rings. The van der Waals surface area contributed by atoms with Gasteiger partial charge in [-0.2, -0.15) is 0 Å². The summed E-state index contributed by atoms with van der Waals surface area (Å²) in [4.78, 5) is 23.7. The molecule has 1 amide bonds. The fourth-order valence-electron chi connectivity index (χ4n) is 2.26. The van der Waals surface area contributed by atoms with Crippen molar-refractivity contribution in [2.45, 2.75) is 6.92 Å². The van der Waals surface area contributed by atoms with Gasteiger partial charge in [-0.3, -0.25) is 4.79 Å². The van der Waals surface area contributed by atoms with Gasteiger partial charge in [-0.1, -0.05) is 22.0 Å². The second-order valence-corrected chi connectivity index (χ2v) is 6.48. The number of amides is 1. The van der Waals surface area contributed by atoms with Crippen LogP contribution >= 0.6 is 15.9 Å². The number of carbonyl (C=O) groups is 2. The summed E-state index contributed by atoms with van der Waals surface area (Å²) >= 11 is 3.36. The van der Waals surface area contributed by atoms with E-state index in [4.69, 9.17) is 14.2 Å². The quantitative estimate of drug-likeness (QED) is 0.528. The molecule has 0 radical (unpaired) electrons. The van der Waals surface area contributed by atoms with Crippen LogP contribution in [0.3, 0.4) is 0 Å². The van der Waals surface area contributed by atoms with E-state index in [9.17, 15) is 9.59 Å². The molecule has 0 saturated heterocycles. The Bertz CT molecular complexity index is 863. The molecule has 0 spiro atoms. The van der Waals surface area contributed by atoms with Gasteiger partial charge in [-0.05, 0) is 54.5 Å². The number of carbonyl (C=O) groups excluding carboxylic acids is 2. The predicted molar refractivity (Wildman–Crippen MR) is 107 cm³/mol. The minimum absolute atomic E-state index is 0.370. The third-order valence-electron chi connectivity index (χ3n) is 3.63. The number of methoxy groups -OCH3 is 2. The first-order valence-electron chi connectivity index (χ1n) is 8.06. The Morgan fingerprint density at radius 3 is 2.48 bits per heavy atom. The van der Waals surface area contributed by atoms with E-state index in [-0.39, 0.29) is 6.61 Å². The van der Waals surface area contributed by atoms with Crippen LogP contribution in [0.15, 0.2) is 46.9 Å². The molecule has 2 aromatic carbocycles. The normalized spacial score (nSPS) is 10.5. The summed E-state index contributed by atoms with van der Waals surface area (Å²) in [5.41, 5.74) is 2.30. The third kappa shape index (κ3) is 6.14. The zero-order valence-electron chi connectivity index (χ0n) is 15.2. The summed E-state index contributed by atoms with van der Waals surface area (Å²) in [6.45, 7) is 1.50. The molecule has 0 aliphatic heterocycles. The van der Waals surface area contributed by atoms with Crippen LogP contribution in [0.5, 0.6) is 11.5 Å². The zero-order chi connectivity index (χ0) is 19.8. The second kappa shape index (κ2) is 9.78. The van der Waals surface area contributed by atoms with Gasteiger partial charge in [0.15, 0.2) is 18.1 Å². The van der Waals surface area contributed by atoms with Crippen molar-refractivity contribution >= 4 is 39.6 Å². The molecule has 0 fully saturated rings. The average Bonchev–Trinajstić information content (AvgIpc) is 2.66. The van der Waals surface area contributed by atoms with Gasteiger partial charge in [0.25, 0.3) is 5.91 Å². The van der Waals surface area contributed by atoms with Crippen LogP contribution in [-0.4, -0.2) is 32.7 Å².